The molecule has 6 heteroatoms. The van der Waals surface area contributed by atoms with Crippen LogP contribution in [0.4, 0.5) is 0 Å². The second kappa shape index (κ2) is 7.23. The van der Waals surface area contributed by atoms with Crippen molar-refractivity contribution in [3.63, 3.8) is 0 Å². The minimum Gasteiger partial charge on any atom is -0.349 e. The molecule has 0 radical (unpaired) electrons. The number of benzene rings is 1. The average molecular weight is 350 g/mol. The van der Waals surface area contributed by atoms with Crippen LogP contribution < -0.4 is 10.5 Å². The summed E-state index contributed by atoms with van der Waals surface area (Å²) in [7, 11) is -3.80. The molecule has 132 valence electrons. The molecule has 0 aliphatic heterocycles. The van der Waals surface area contributed by atoms with Gasteiger partial charge in [0.1, 0.15) is 0 Å². The minimum absolute atomic E-state index is 0.0200. The lowest BCUT2D eigenvalue weighted by molar-refractivity contribution is 0.0898. The molecule has 2 saturated carbocycles. The SMILES string of the molecule is NS(=O)(=O)c1cccc(C(=O)NC(C2CCCC2)C2CCCC2)c1. The molecule has 2 aliphatic rings. The van der Waals surface area contributed by atoms with E-state index in [1.165, 1.54) is 63.5 Å². The second-order valence-electron chi connectivity index (χ2n) is 7.16. The van der Waals surface area contributed by atoms with Crippen LogP contribution in [0.25, 0.3) is 0 Å². The quantitative estimate of drug-likeness (QED) is 0.855. The van der Waals surface area contributed by atoms with Crippen molar-refractivity contribution in [2.75, 3.05) is 0 Å². The predicted molar refractivity (Wildman–Crippen MR) is 93.0 cm³/mol. The molecule has 5 nitrogen and oxygen atoms in total. The van der Waals surface area contributed by atoms with Crippen LogP contribution in [0.2, 0.25) is 0 Å². The summed E-state index contributed by atoms with van der Waals surface area (Å²) in [6.07, 6.45) is 9.68. The molecule has 0 bridgehead atoms. The smallest absolute Gasteiger partial charge is 0.251 e. The van der Waals surface area contributed by atoms with Gasteiger partial charge in [-0.2, -0.15) is 0 Å². The number of carbonyl (C=O) groups is 1. The zero-order valence-electron chi connectivity index (χ0n) is 13.9. The van der Waals surface area contributed by atoms with Gasteiger partial charge >= 0.3 is 0 Å². The number of primary sulfonamides is 1. The number of hydrogen-bond acceptors (Lipinski definition) is 3. The molecule has 0 atom stereocenters. The maximum absolute atomic E-state index is 12.7. The summed E-state index contributed by atoms with van der Waals surface area (Å²) < 4.78 is 23.0. The van der Waals surface area contributed by atoms with Crippen LogP contribution in [-0.2, 0) is 10.0 Å². The number of amides is 1. The van der Waals surface area contributed by atoms with Gasteiger partial charge in [-0.15, -0.1) is 0 Å². The molecule has 1 aromatic carbocycles. The number of carbonyl (C=O) groups excluding carboxylic acids is 1. The summed E-state index contributed by atoms with van der Waals surface area (Å²) in [6.45, 7) is 0. The molecule has 1 amide bonds. The molecule has 0 aromatic heterocycles. The number of sulfonamides is 1. The monoisotopic (exact) mass is 350 g/mol. The largest absolute Gasteiger partial charge is 0.349 e. The van der Waals surface area contributed by atoms with Crippen LogP contribution in [-0.4, -0.2) is 20.4 Å². The Hall–Kier alpha value is -1.40. The molecule has 2 fully saturated rings. The van der Waals surface area contributed by atoms with Crippen LogP contribution in [0.1, 0.15) is 61.7 Å². The normalized spacial score (nSPS) is 19.9. The van der Waals surface area contributed by atoms with Gasteiger partial charge in [-0.05, 0) is 55.7 Å². The van der Waals surface area contributed by atoms with Gasteiger partial charge in [0.25, 0.3) is 5.91 Å². The molecule has 0 heterocycles. The third kappa shape index (κ3) is 3.98. The molecule has 3 rings (SSSR count). The van der Waals surface area contributed by atoms with Crippen LogP contribution >= 0.6 is 0 Å². The van der Waals surface area contributed by atoms with E-state index in [9.17, 15) is 13.2 Å². The first-order chi connectivity index (χ1) is 11.4. The van der Waals surface area contributed by atoms with Crippen molar-refractivity contribution in [1.82, 2.24) is 5.32 Å². The fourth-order valence-electron chi connectivity index (χ4n) is 4.30. The number of nitrogens with two attached hydrogens (primary N) is 1. The Labute approximate surface area is 144 Å². The van der Waals surface area contributed by atoms with Gasteiger partial charge in [-0.3, -0.25) is 4.79 Å². The lowest BCUT2D eigenvalue weighted by atomic mass is 9.85. The molecule has 0 saturated heterocycles. The lowest BCUT2D eigenvalue weighted by Gasteiger charge is -2.30. The molecule has 0 spiro atoms. The van der Waals surface area contributed by atoms with Gasteiger partial charge in [0.05, 0.1) is 4.90 Å². The highest BCUT2D eigenvalue weighted by Gasteiger charge is 2.34. The predicted octanol–water partition coefficient (Wildman–Crippen LogP) is 2.81. The van der Waals surface area contributed by atoms with Gasteiger partial charge in [0.2, 0.25) is 10.0 Å². The van der Waals surface area contributed by atoms with Crippen molar-refractivity contribution in [2.24, 2.45) is 17.0 Å². The Morgan fingerprint density at radius 2 is 1.58 bits per heavy atom. The maximum atomic E-state index is 12.7. The fraction of sp³-hybridized carbons (Fsp3) is 0.611. The highest BCUT2D eigenvalue weighted by Crippen LogP contribution is 2.37. The van der Waals surface area contributed by atoms with Crippen molar-refractivity contribution in [1.29, 1.82) is 0 Å². The topological polar surface area (TPSA) is 89.3 Å². The maximum Gasteiger partial charge on any atom is 0.251 e. The first-order valence-corrected chi connectivity index (χ1v) is 10.4. The van der Waals surface area contributed by atoms with Gasteiger partial charge in [-0.25, -0.2) is 13.6 Å². The zero-order valence-corrected chi connectivity index (χ0v) is 14.7. The summed E-state index contributed by atoms with van der Waals surface area (Å²) in [5.74, 6) is 0.918. The van der Waals surface area contributed by atoms with Crippen LogP contribution in [0.3, 0.4) is 0 Å². The van der Waals surface area contributed by atoms with E-state index in [1.807, 2.05) is 0 Å². The summed E-state index contributed by atoms with van der Waals surface area (Å²) in [5, 5.41) is 8.39. The first-order valence-electron chi connectivity index (χ1n) is 8.89. The number of hydrogen-bond donors (Lipinski definition) is 2. The van der Waals surface area contributed by atoms with Crippen LogP contribution in [0.5, 0.6) is 0 Å². The van der Waals surface area contributed by atoms with E-state index in [2.05, 4.69) is 5.32 Å². The fourth-order valence-corrected chi connectivity index (χ4v) is 4.86. The molecule has 24 heavy (non-hydrogen) atoms. The Morgan fingerprint density at radius 1 is 1.04 bits per heavy atom. The molecule has 0 unspecified atom stereocenters. The Balaban J connectivity index is 1.77. The van der Waals surface area contributed by atoms with Gasteiger partial charge in [0.15, 0.2) is 0 Å². The third-order valence-electron chi connectivity index (χ3n) is 5.54. The number of nitrogens with one attached hydrogen (secondary N) is 1. The van der Waals surface area contributed by atoms with Gasteiger partial charge < -0.3 is 5.32 Å². The summed E-state index contributed by atoms with van der Waals surface area (Å²) >= 11 is 0. The summed E-state index contributed by atoms with van der Waals surface area (Å²) in [6, 6.07) is 6.20. The van der Waals surface area contributed by atoms with E-state index in [-0.39, 0.29) is 16.8 Å². The highest BCUT2D eigenvalue weighted by molar-refractivity contribution is 7.89. The van der Waals surface area contributed by atoms with Crippen molar-refractivity contribution >= 4 is 15.9 Å². The molecular weight excluding hydrogens is 324 g/mol. The van der Waals surface area contributed by atoms with Crippen molar-refractivity contribution in [3.05, 3.63) is 29.8 Å². The lowest BCUT2D eigenvalue weighted by Crippen LogP contribution is -2.44. The van der Waals surface area contributed by atoms with E-state index in [1.54, 1.807) is 12.1 Å². The first kappa shape index (κ1) is 17.4. The van der Waals surface area contributed by atoms with E-state index >= 15 is 0 Å². The molecule has 2 aliphatic carbocycles. The van der Waals surface area contributed by atoms with Crippen molar-refractivity contribution < 1.29 is 13.2 Å². The minimum atomic E-state index is -3.80. The van der Waals surface area contributed by atoms with Gasteiger partial charge in [0, 0.05) is 11.6 Å². The van der Waals surface area contributed by atoms with E-state index in [0.717, 1.165) is 0 Å². The van der Waals surface area contributed by atoms with Crippen LogP contribution in [0.15, 0.2) is 29.2 Å². The second-order valence-corrected chi connectivity index (χ2v) is 8.72. The molecule has 3 N–H and O–H groups in total. The average Bonchev–Trinajstić information content (AvgIpc) is 3.25. The summed E-state index contributed by atoms with van der Waals surface area (Å²) in [5.41, 5.74) is 0.363. The molecular formula is C18H26N2O3S. The van der Waals surface area contributed by atoms with E-state index in [0.29, 0.717) is 17.4 Å². The zero-order chi connectivity index (χ0) is 17.2. The standard InChI is InChI=1S/C18H26N2O3S/c19-24(22,23)16-11-5-10-15(12-16)18(21)20-17(13-6-1-2-7-13)14-8-3-4-9-14/h5,10-14,17H,1-4,6-9H2,(H,20,21)(H2,19,22,23). The number of rotatable bonds is 5. The van der Waals surface area contributed by atoms with Crippen molar-refractivity contribution in [3.8, 4) is 0 Å². The van der Waals surface area contributed by atoms with Gasteiger partial charge in [-0.1, -0.05) is 31.7 Å². The van der Waals surface area contributed by atoms with Crippen molar-refractivity contribution in [2.45, 2.75) is 62.3 Å². The molecule has 1 aromatic rings. The summed E-state index contributed by atoms with van der Waals surface area (Å²) in [4.78, 5) is 12.7. The Morgan fingerprint density at radius 3 is 2.08 bits per heavy atom. The highest BCUT2D eigenvalue weighted by atomic mass is 32.2. The van der Waals surface area contributed by atoms with E-state index < -0.39 is 10.0 Å². The Bertz CT molecular complexity index is 674. The Kier molecular flexibility index (Phi) is 5.25. The van der Waals surface area contributed by atoms with E-state index in [4.69, 9.17) is 5.14 Å². The van der Waals surface area contributed by atoms with Crippen LogP contribution in [0, 0.1) is 11.8 Å². The third-order valence-corrected chi connectivity index (χ3v) is 6.45.